The van der Waals surface area contributed by atoms with Gasteiger partial charge in [-0.3, -0.25) is 0 Å². The molecule has 2 rings (SSSR count). The molecule has 1 aromatic heterocycles. The molecule has 7 nitrogen and oxygen atoms in total. The Morgan fingerprint density at radius 3 is 2.62 bits per heavy atom. The first-order valence-electron chi connectivity index (χ1n) is 5.97. The number of hydrogen-bond donors (Lipinski definition) is 2. The monoisotopic (exact) mass is 310 g/mol. The van der Waals surface area contributed by atoms with Crippen molar-refractivity contribution < 1.29 is 23.1 Å². The van der Waals surface area contributed by atoms with E-state index in [2.05, 4.69) is 9.97 Å². The summed E-state index contributed by atoms with van der Waals surface area (Å²) >= 11 is 0. The number of hydrogen-bond acceptors (Lipinski definition) is 5. The minimum atomic E-state index is -3.61. The standard InChI is InChI=1S/C13H14N2O5S/c1-20-10-6-4-3-5-8(10)7-9-11(12(16)17)15-13(14-9)21(2,18)19/h3-6H,7H2,1-2H3,(H,14,15)(H,16,17). The maximum absolute atomic E-state index is 11.5. The molecule has 2 N–H and O–H groups in total. The largest absolute Gasteiger partial charge is 0.496 e. The molecule has 0 aliphatic carbocycles. The number of H-pyrrole nitrogens is 1. The van der Waals surface area contributed by atoms with E-state index >= 15 is 0 Å². The normalized spacial score (nSPS) is 11.3. The molecule has 0 amide bonds. The van der Waals surface area contributed by atoms with Gasteiger partial charge < -0.3 is 14.8 Å². The molecule has 2 aromatic rings. The number of methoxy groups -OCH3 is 1. The van der Waals surface area contributed by atoms with E-state index in [0.717, 1.165) is 11.8 Å². The van der Waals surface area contributed by atoms with Gasteiger partial charge in [-0.2, -0.15) is 0 Å². The van der Waals surface area contributed by atoms with E-state index in [1.807, 2.05) is 0 Å². The number of aromatic nitrogens is 2. The quantitative estimate of drug-likeness (QED) is 0.856. The van der Waals surface area contributed by atoms with Gasteiger partial charge in [-0.05, 0) is 6.07 Å². The van der Waals surface area contributed by atoms with Gasteiger partial charge in [0.25, 0.3) is 0 Å². The van der Waals surface area contributed by atoms with Crippen LogP contribution in [0, 0.1) is 0 Å². The maximum atomic E-state index is 11.5. The van der Waals surface area contributed by atoms with Crippen molar-refractivity contribution in [2.75, 3.05) is 13.4 Å². The molecule has 0 aliphatic rings. The highest BCUT2D eigenvalue weighted by Gasteiger charge is 2.22. The first-order valence-corrected chi connectivity index (χ1v) is 7.86. The Kier molecular flexibility index (Phi) is 3.99. The van der Waals surface area contributed by atoms with Crippen LogP contribution in [0.4, 0.5) is 0 Å². The molecule has 0 fully saturated rings. The van der Waals surface area contributed by atoms with Gasteiger partial charge in [-0.1, -0.05) is 18.2 Å². The number of aromatic amines is 1. The van der Waals surface area contributed by atoms with Gasteiger partial charge in [0.15, 0.2) is 5.69 Å². The number of rotatable bonds is 5. The van der Waals surface area contributed by atoms with Crippen LogP contribution in [0.1, 0.15) is 21.7 Å². The molecule has 0 saturated carbocycles. The number of nitrogens with zero attached hydrogens (tertiary/aromatic N) is 1. The van der Waals surface area contributed by atoms with Gasteiger partial charge in [-0.15, -0.1) is 0 Å². The third-order valence-electron chi connectivity index (χ3n) is 2.87. The molecule has 0 saturated heterocycles. The van der Waals surface area contributed by atoms with E-state index in [4.69, 9.17) is 9.84 Å². The summed E-state index contributed by atoms with van der Waals surface area (Å²) in [6.45, 7) is 0. The Balaban J connectivity index is 2.48. The smallest absolute Gasteiger partial charge is 0.356 e. The Labute approximate surface area is 121 Å². The number of aromatic carboxylic acids is 1. The van der Waals surface area contributed by atoms with Crippen molar-refractivity contribution >= 4 is 15.8 Å². The predicted molar refractivity (Wildman–Crippen MR) is 74.5 cm³/mol. The van der Waals surface area contributed by atoms with Gasteiger partial charge in [-0.25, -0.2) is 18.2 Å². The summed E-state index contributed by atoms with van der Waals surface area (Å²) in [6.07, 6.45) is 1.14. The number of carboxylic acids is 1. The van der Waals surface area contributed by atoms with E-state index in [1.54, 1.807) is 24.3 Å². The zero-order valence-corrected chi connectivity index (χ0v) is 12.3. The third kappa shape index (κ3) is 3.22. The van der Waals surface area contributed by atoms with Crippen LogP contribution in [0.25, 0.3) is 0 Å². The highest BCUT2D eigenvalue weighted by molar-refractivity contribution is 7.90. The lowest BCUT2D eigenvalue weighted by atomic mass is 10.1. The van der Waals surface area contributed by atoms with Gasteiger partial charge in [0.05, 0.1) is 12.8 Å². The second kappa shape index (κ2) is 5.57. The number of ether oxygens (including phenoxy) is 1. The summed E-state index contributed by atoms with van der Waals surface area (Å²) < 4.78 is 28.2. The molecule has 21 heavy (non-hydrogen) atoms. The predicted octanol–water partition coefficient (Wildman–Crippen LogP) is 1.11. The van der Waals surface area contributed by atoms with Crippen molar-refractivity contribution in [3.8, 4) is 5.75 Å². The molecule has 0 spiro atoms. The SMILES string of the molecule is COc1ccccc1Cc1[nH]c(S(C)(=O)=O)nc1C(=O)O. The van der Waals surface area contributed by atoms with Crippen molar-refractivity contribution in [1.82, 2.24) is 9.97 Å². The Hall–Kier alpha value is -2.35. The van der Waals surface area contributed by atoms with Gasteiger partial charge in [0.1, 0.15) is 5.75 Å². The van der Waals surface area contributed by atoms with Crippen LogP contribution >= 0.6 is 0 Å². The summed E-state index contributed by atoms with van der Waals surface area (Å²) in [5, 5.41) is 8.78. The summed E-state index contributed by atoms with van der Waals surface area (Å²) in [6, 6.07) is 7.08. The highest BCUT2D eigenvalue weighted by Crippen LogP contribution is 2.22. The lowest BCUT2D eigenvalue weighted by molar-refractivity contribution is 0.0689. The molecule has 0 unspecified atom stereocenters. The van der Waals surface area contributed by atoms with E-state index in [-0.39, 0.29) is 23.0 Å². The number of para-hydroxylation sites is 1. The van der Waals surface area contributed by atoms with Gasteiger partial charge in [0.2, 0.25) is 15.0 Å². The van der Waals surface area contributed by atoms with Gasteiger partial charge >= 0.3 is 5.97 Å². The van der Waals surface area contributed by atoms with Gasteiger partial charge in [0, 0.05) is 18.2 Å². The summed E-state index contributed by atoms with van der Waals surface area (Å²) in [4.78, 5) is 17.4. The lowest BCUT2D eigenvalue weighted by Crippen LogP contribution is -2.03. The number of benzene rings is 1. The second-order valence-corrected chi connectivity index (χ2v) is 6.37. The van der Waals surface area contributed by atoms with Crippen LogP contribution in [0.2, 0.25) is 0 Å². The average Bonchev–Trinajstić information content (AvgIpc) is 2.83. The summed E-state index contributed by atoms with van der Waals surface area (Å²) in [5.41, 5.74) is 0.639. The second-order valence-electron chi connectivity index (χ2n) is 4.44. The van der Waals surface area contributed by atoms with Crippen LogP contribution < -0.4 is 4.74 Å². The first kappa shape index (κ1) is 15.0. The molecule has 0 bridgehead atoms. The number of nitrogens with one attached hydrogen (secondary N) is 1. The minimum absolute atomic E-state index is 0.175. The van der Waals surface area contributed by atoms with Crippen molar-refractivity contribution in [1.29, 1.82) is 0 Å². The van der Waals surface area contributed by atoms with E-state index in [1.165, 1.54) is 7.11 Å². The van der Waals surface area contributed by atoms with Crippen molar-refractivity contribution in [3.63, 3.8) is 0 Å². The van der Waals surface area contributed by atoms with Crippen molar-refractivity contribution in [2.45, 2.75) is 11.6 Å². The van der Waals surface area contributed by atoms with E-state index < -0.39 is 15.8 Å². The Morgan fingerprint density at radius 2 is 2.05 bits per heavy atom. The van der Waals surface area contributed by atoms with E-state index in [0.29, 0.717) is 5.75 Å². The Morgan fingerprint density at radius 1 is 1.38 bits per heavy atom. The fourth-order valence-corrected chi connectivity index (χ4v) is 2.47. The zero-order valence-electron chi connectivity index (χ0n) is 11.5. The van der Waals surface area contributed by atoms with Crippen LogP contribution in [0.3, 0.4) is 0 Å². The third-order valence-corrected chi connectivity index (χ3v) is 3.77. The fraction of sp³-hybridized carbons (Fsp3) is 0.231. The lowest BCUT2D eigenvalue weighted by Gasteiger charge is -2.07. The molecule has 0 radical (unpaired) electrons. The number of imidazole rings is 1. The molecular formula is C13H14N2O5S. The van der Waals surface area contributed by atoms with Crippen LogP contribution in [-0.2, 0) is 16.3 Å². The molecule has 1 aromatic carbocycles. The summed E-state index contributed by atoms with van der Waals surface area (Å²) in [5.74, 6) is -0.699. The molecule has 112 valence electrons. The zero-order chi connectivity index (χ0) is 15.6. The van der Waals surface area contributed by atoms with Crippen LogP contribution in [0.5, 0.6) is 5.75 Å². The topological polar surface area (TPSA) is 109 Å². The fourth-order valence-electron chi connectivity index (χ4n) is 1.91. The number of carboxylic acid groups (broad SMARTS) is 1. The molecule has 1 heterocycles. The van der Waals surface area contributed by atoms with Crippen molar-refractivity contribution in [2.24, 2.45) is 0 Å². The molecule has 8 heteroatoms. The first-order chi connectivity index (χ1) is 9.82. The summed E-state index contributed by atoms with van der Waals surface area (Å²) in [7, 11) is -2.10. The van der Waals surface area contributed by atoms with Crippen LogP contribution in [0.15, 0.2) is 29.4 Å². The maximum Gasteiger partial charge on any atom is 0.356 e. The van der Waals surface area contributed by atoms with Crippen LogP contribution in [-0.4, -0.2) is 42.8 Å². The van der Waals surface area contributed by atoms with Crippen molar-refractivity contribution in [3.05, 3.63) is 41.2 Å². The van der Waals surface area contributed by atoms with E-state index in [9.17, 15) is 13.2 Å². The minimum Gasteiger partial charge on any atom is -0.496 e. The highest BCUT2D eigenvalue weighted by atomic mass is 32.2. The molecular weight excluding hydrogens is 296 g/mol. The number of sulfone groups is 1. The average molecular weight is 310 g/mol. The Bertz CT molecular complexity index is 780. The molecule has 0 aliphatic heterocycles. The molecule has 0 atom stereocenters. The number of carbonyl (C=O) groups is 1.